The van der Waals surface area contributed by atoms with Crippen molar-refractivity contribution < 1.29 is 0 Å². The van der Waals surface area contributed by atoms with E-state index < -0.39 is 0 Å². The van der Waals surface area contributed by atoms with Gasteiger partial charge in [-0.15, -0.1) is 0 Å². The molecule has 3 nitrogen and oxygen atoms in total. The number of rotatable bonds is 5. The third-order valence-corrected chi connectivity index (χ3v) is 2.68. The number of aromatic nitrogens is 2. The lowest BCUT2D eigenvalue weighted by molar-refractivity contribution is 0.392. The van der Waals surface area contributed by atoms with Gasteiger partial charge in [-0.1, -0.05) is 20.8 Å². The summed E-state index contributed by atoms with van der Waals surface area (Å²) in [5.41, 5.74) is 1.17. The number of nitrogens with one attached hydrogen (secondary N) is 2. The Balaban J connectivity index is 2.22. The first kappa shape index (κ1) is 11.2. The third kappa shape index (κ3) is 3.50. The molecule has 1 unspecified atom stereocenters. The average Bonchev–Trinajstić information content (AvgIpc) is 2.51. The molecule has 0 saturated carbocycles. The van der Waals surface area contributed by atoms with Crippen molar-refractivity contribution in [1.29, 1.82) is 0 Å². The molecule has 1 aromatic rings. The van der Waals surface area contributed by atoms with Crippen molar-refractivity contribution in [2.24, 2.45) is 11.8 Å². The van der Waals surface area contributed by atoms with Crippen molar-refractivity contribution in [3.8, 4) is 0 Å². The number of H-pyrrole nitrogens is 1. The first-order valence-electron chi connectivity index (χ1n) is 5.30. The maximum Gasteiger partial charge on any atom is 0.103 e. The lowest BCUT2D eigenvalue weighted by Gasteiger charge is -2.15. The summed E-state index contributed by atoms with van der Waals surface area (Å²) in [6.07, 6.45) is 1.89. The third-order valence-electron chi connectivity index (χ3n) is 2.68. The molecule has 0 radical (unpaired) electrons. The van der Waals surface area contributed by atoms with Crippen LogP contribution in [0.5, 0.6) is 0 Å². The second-order valence-electron chi connectivity index (χ2n) is 4.35. The monoisotopic (exact) mass is 195 g/mol. The molecule has 1 heterocycles. The van der Waals surface area contributed by atoms with Crippen LogP contribution in [-0.4, -0.2) is 16.5 Å². The van der Waals surface area contributed by atoms with Gasteiger partial charge in [0.1, 0.15) is 5.82 Å². The van der Waals surface area contributed by atoms with E-state index in [1.54, 1.807) is 0 Å². The minimum atomic E-state index is 0.721. The van der Waals surface area contributed by atoms with E-state index in [-0.39, 0.29) is 0 Å². The molecule has 80 valence electrons. The van der Waals surface area contributed by atoms with E-state index in [0.29, 0.717) is 0 Å². The maximum atomic E-state index is 4.15. The van der Waals surface area contributed by atoms with E-state index in [0.717, 1.165) is 30.7 Å². The normalized spacial score (nSPS) is 13.5. The molecule has 0 fully saturated rings. The van der Waals surface area contributed by atoms with Gasteiger partial charge in [0.15, 0.2) is 0 Å². The molecule has 1 rings (SSSR count). The fraction of sp³-hybridized carbons (Fsp3) is 0.727. The number of nitrogens with zero attached hydrogens (tertiary/aromatic N) is 1. The maximum absolute atomic E-state index is 4.15. The summed E-state index contributed by atoms with van der Waals surface area (Å²) in [5, 5.41) is 3.42. The SMILES string of the molecule is Cc1ncc(CNCC(C)C(C)C)[nH]1. The lowest BCUT2D eigenvalue weighted by atomic mass is 9.98. The highest BCUT2D eigenvalue weighted by atomic mass is 15.0. The quantitative estimate of drug-likeness (QED) is 0.755. The summed E-state index contributed by atoms with van der Waals surface area (Å²) in [6.45, 7) is 10.7. The van der Waals surface area contributed by atoms with Crippen LogP contribution in [0.2, 0.25) is 0 Å². The van der Waals surface area contributed by atoms with Gasteiger partial charge in [0.25, 0.3) is 0 Å². The predicted octanol–water partition coefficient (Wildman–Crippen LogP) is 2.10. The Morgan fingerprint density at radius 3 is 2.64 bits per heavy atom. The number of aromatic amines is 1. The molecule has 0 amide bonds. The van der Waals surface area contributed by atoms with E-state index in [1.807, 2.05) is 13.1 Å². The molecule has 0 aliphatic heterocycles. The van der Waals surface area contributed by atoms with Gasteiger partial charge in [-0.2, -0.15) is 0 Å². The summed E-state index contributed by atoms with van der Waals surface area (Å²) in [7, 11) is 0. The Bertz CT molecular complexity index is 265. The second-order valence-corrected chi connectivity index (χ2v) is 4.35. The number of hydrogen-bond donors (Lipinski definition) is 2. The summed E-state index contributed by atoms with van der Waals surface area (Å²) in [4.78, 5) is 7.36. The standard InChI is InChI=1S/C11H21N3/c1-8(2)9(3)5-12-6-11-7-13-10(4)14-11/h7-9,12H,5-6H2,1-4H3,(H,13,14). The predicted molar refractivity (Wildman–Crippen MR) is 59.0 cm³/mol. The largest absolute Gasteiger partial charge is 0.345 e. The second kappa shape index (κ2) is 5.15. The first-order valence-corrected chi connectivity index (χ1v) is 5.30. The highest BCUT2D eigenvalue weighted by Gasteiger charge is 2.06. The molecule has 0 spiro atoms. The van der Waals surface area contributed by atoms with E-state index in [9.17, 15) is 0 Å². The van der Waals surface area contributed by atoms with Crippen LogP contribution in [0.3, 0.4) is 0 Å². The minimum Gasteiger partial charge on any atom is -0.345 e. The van der Waals surface area contributed by atoms with Crippen LogP contribution in [-0.2, 0) is 6.54 Å². The van der Waals surface area contributed by atoms with Crippen LogP contribution >= 0.6 is 0 Å². The zero-order chi connectivity index (χ0) is 10.6. The van der Waals surface area contributed by atoms with E-state index in [2.05, 4.69) is 36.1 Å². The Hall–Kier alpha value is -0.830. The molecule has 0 aliphatic rings. The average molecular weight is 195 g/mol. The zero-order valence-corrected chi connectivity index (χ0v) is 9.59. The van der Waals surface area contributed by atoms with Crippen molar-refractivity contribution in [3.63, 3.8) is 0 Å². The van der Waals surface area contributed by atoms with Crippen molar-refractivity contribution in [2.45, 2.75) is 34.2 Å². The zero-order valence-electron chi connectivity index (χ0n) is 9.59. The Morgan fingerprint density at radius 2 is 2.14 bits per heavy atom. The highest BCUT2D eigenvalue weighted by Crippen LogP contribution is 2.07. The summed E-state index contributed by atoms with van der Waals surface area (Å²) >= 11 is 0. The molecule has 14 heavy (non-hydrogen) atoms. The van der Waals surface area contributed by atoms with Crippen LogP contribution in [0.1, 0.15) is 32.3 Å². The molecule has 1 aromatic heterocycles. The van der Waals surface area contributed by atoms with Crippen LogP contribution in [0.4, 0.5) is 0 Å². The van der Waals surface area contributed by atoms with E-state index in [4.69, 9.17) is 0 Å². The van der Waals surface area contributed by atoms with Gasteiger partial charge in [0, 0.05) is 18.4 Å². The molecule has 0 saturated heterocycles. The Kier molecular flexibility index (Phi) is 4.14. The lowest BCUT2D eigenvalue weighted by Crippen LogP contribution is -2.23. The summed E-state index contributed by atoms with van der Waals surface area (Å²) < 4.78 is 0. The minimum absolute atomic E-state index is 0.721. The molecule has 0 aliphatic carbocycles. The first-order chi connectivity index (χ1) is 6.59. The molecule has 3 heteroatoms. The van der Waals surface area contributed by atoms with Crippen LogP contribution < -0.4 is 5.32 Å². The number of aryl methyl sites for hydroxylation is 1. The summed E-state index contributed by atoms with van der Waals surface area (Å²) in [6, 6.07) is 0. The fourth-order valence-corrected chi connectivity index (χ4v) is 1.23. The summed E-state index contributed by atoms with van der Waals surface area (Å²) in [5.74, 6) is 2.45. The van der Waals surface area contributed by atoms with Gasteiger partial charge in [0.05, 0.1) is 0 Å². The molecule has 0 aromatic carbocycles. The molecular weight excluding hydrogens is 174 g/mol. The van der Waals surface area contributed by atoms with E-state index in [1.165, 1.54) is 5.69 Å². The van der Waals surface area contributed by atoms with Crippen LogP contribution in [0.15, 0.2) is 6.20 Å². The van der Waals surface area contributed by atoms with Crippen molar-refractivity contribution in [3.05, 3.63) is 17.7 Å². The number of hydrogen-bond acceptors (Lipinski definition) is 2. The molecule has 2 N–H and O–H groups in total. The van der Waals surface area contributed by atoms with Crippen LogP contribution in [0, 0.1) is 18.8 Å². The van der Waals surface area contributed by atoms with Gasteiger partial charge in [-0.25, -0.2) is 4.98 Å². The van der Waals surface area contributed by atoms with Gasteiger partial charge in [0.2, 0.25) is 0 Å². The van der Waals surface area contributed by atoms with Gasteiger partial charge < -0.3 is 10.3 Å². The number of imidazole rings is 1. The van der Waals surface area contributed by atoms with Crippen molar-refractivity contribution in [2.75, 3.05) is 6.54 Å². The van der Waals surface area contributed by atoms with Crippen molar-refractivity contribution in [1.82, 2.24) is 15.3 Å². The Labute approximate surface area is 86.3 Å². The van der Waals surface area contributed by atoms with E-state index >= 15 is 0 Å². The molecular formula is C11H21N3. The smallest absolute Gasteiger partial charge is 0.103 e. The van der Waals surface area contributed by atoms with Gasteiger partial charge in [-0.05, 0) is 25.3 Å². The van der Waals surface area contributed by atoms with Gasteiger partial charge in [-0.3, -0.25) is 0 Å². The highest BCUT2D eigenvalue weighted by molar-refractivity contribution is 4.99. The Morgan fingerprint density at radius 1 is 1.43 bits per heavy atom. The fourth-order valence-electron chi connectivity index (χ4n) is 1.23. The van der Waals surface area contributed by atoms with Crippen molar-refractivity contribution >= 4 is 0 Å². The van der Waals surface area contributed by atoms with Gasteiger partial charge >= 0.3 is 0 Å². The molecule has 1 atom stereocenters. The molecule has 0 bridgehead atoms. The van der Waals surface area contributed by atoms with Crippen LogP contribution in [0.25, 0.3) is 0 Å². The topological polar surface area (TPSA) is 40.7 Å².